The van der Waals surface area contributed by atoms with Crippen LogP contribution in [0.3, 0.4) is 0 Å². The summed E-state index contributed by atoms with van der Waals surface area (Å²) < 4.78 is 22.8. The molecular formula is C21H23O4+. The van der Waals surface area contributed by atoms with Crippen molar-refractivity contribution in [3.8, 4) is 28.6 Å². The molecule has 0 bridgehead atoms. The molecule has 0 saturated carbocycles. The zero-order valence-corrected chi connectivity index (χ0v) is 15.3. The van der Waals surface area contributed by atoms with Gasteiger partial charge < -0.3 is 14.2 Å². The van der Waals surface area contributed by atoms with Gasteiger partial charge in [0.2, 0.25) is 0 Å². The second-order valence-corrected chi connectivity index (χ2v) is 5.93. The van der Waals surface area contributed by atoms with E-state index in [1.54, 1.807) is 14.2 Å². The van der Waals surface area contributed by atoms with Crippen LogP contribution in [0.4, 0.5) is 0 Å². The molecule has 0 amide bonds. The quantitative estimate of drug-likeness (QED) is 0.582. The summed E-state index contributed by atoms with van der Waals surface area (Å²) in [6.07, 6.45) is 0. The Kier molecular flexibility index (Phi) is 4.79. The molecule has 3 rings (SSSR count). The first kappa shape index (κ1) is 17.1. The predicted molar refractivity (Wildman–Crippen MR) is 99.8 cm³/mol. The van der Waals surface area contributed by atoms with Crippen molar-refractivity contribution in [3.05, 3.63) is 47.5 Å². The van der Waals surface area contributed by atoms with Crippen molar-refractivity contribution in [3.63, 3.8) is 0 Å². The number of rotatable bonds is 5. The predicted octanol–water partition coefficient (Wildman–Crippen LogP) is 5.41. The third-order valence-electron chi connectivity index (χ3n) is 4.14. The molecule has 4 nitrogen and oxygen atoms in total. The summed E-state index contributed by atoms with van der Waals surface area (Å²) in [6.45, 7) is 6.71. The van der Waals surface area contributed by atoms with Crippen molar-refractivity contribution < 1.29 is 18.6 Å². The lowest BCUT2D eigenvalue weighted by atomic mass is 10.0. The zero-order valence-electron chi connectivity index (χ0n) is 15.3. The molecule has 25 heavy (non-hydrogen) atoms. The van der Waals surface area contributed by atoms with Crippen LogP contribution in [0.25, 0.3) is 22.3 Å². The molecule has 0 radical (unpaired) electrons. The SMILES string of the molecule is CCOc1cc(-c2ccc(OC)c(OC)c2)[o+]c2cc(C)cc(C)c12. The van der Waals surface area contributed by atoms with Gasteiger partial charge in [0.1, 0.15) is 11.1 Å². The number of aryl methyl sites for hydroxylation is 2. The second-order valence-electron chi connectivity index (χ2n) is 5.93. The lowest BCUT2D eigenvalue weighted by molar-refractivity contribution is 0.342. The van der Waals surface area contributed by atoms with Crippen LogP contribution in [0.1, 0.15) is 18.1 Å². The highest BCUT2D eigenvalue weighted by atomic mass is 16.5. The van der Waals surface area contributed by atoms with E-state index in [1.807, 2.05) is 37.3 Å². The third-order valence-corrected chi connectivity index (χ3v) is 4.14. The molecule has 130 valence electrons. The number of benzene rings is 2. The molecule has 1 aromatic heterocycles. The number of hydrogen-bond acceptors (Lipinski definition) is 3. The Morgan fingerprint density at radius 3 is 2.32 bits per heavy atom. The summed E-state index contributed by atoms with van der Waals surface area (Å²) in [5.41, 5.74) is 4.01. The first-order chi connectivity index (χ1) is 12.1. The summed E-state index contributed by atoms with van der Waals surface area (Å²) >= 11 is 0. The van der Waals surface area contributed by atoms with Crippen LogP contribution < -0.4 is 14.2 Å². The van der Waals surface area contributed by atoms with E-state index in [4.69, 9.17) is 18.6 Å². The molecule has 3 aromatic rings. The van der Waals surface area contributed by atoms with E-state index < -0.39 is 0 Å². The Bertz CT molecular complexity index is 915. The summed E-state index contributed by atoms with van der Waals surface area (Å²) in [5, 5.41) is 1.01. The fourth-order valence-corrected chi connectivity index (χ4v) is 3.07. The minimum Gasteiger partial charge on any atom is -0.493 e. The second kappa shape index (κ2) is 7.01. The summed E-state index contributed by atoms with van der Waals surface area (Å²) in [5.74, 6) is 2.89. The lowest BCUT2D eigenvalue weighted by Gasteiger charge is -2.09. The highest BCUT2D eigenvalue weighted by molar-refractivity contribution is 5.89. The van der Waals surface area contributed by atoms with Crippen LogP contribution in [0.15, 0.2) is 40.8 Å². The van der Waals surface area contributed by atoms with Crippen molar-refractivity contribution in [2.24, 2.45) is 0 Å². The van der Waals surface area contributed by atoms with Crippen LogP contribution in [0.2, 0.25) is 0 Å². The van der Waals surface area contributed by atoms with Gasteiger partial charge in [-0.15, -0.1) is 0 Å². The standard InChI is InChI=1S/C21H23O4/c1-6-24-19-12-17(15-7-8-16(22-4)18(11-15)23-5)25-20-10-13(2)9-14(3)21(19)20/h7-12H,6H2,1-5H3/q+1. The zero-order chi connectivity index (χ0) is 18.0. The van der Waals surface area contributed by atoms with Crippen molar-refractivity contribution in [2.75, 3.05) is 20.8 Å². The number of methoxy groups -OCH3 is 2. The van der Waals surface area contributed by atoms with Crippen molar-refractivity contribution in [2.45, 2.75) is 20.8 Å². The highest BCUT2D eigenvalue weighted by Gasteiger charge is 2.23. The number of fused-ring (bicyclic) bond motifs is 1. The molecule has 0 fully saturated rings. The van der Waals surface area contributed by atoms with E-state index in [2.05, 4.69) is 19.9 Å². The molecular weight excluding hydrogens is 316 g/mol. The largest absolute Gasteiger partial charge is 0.493 e. The molecule has 0 aliphatic heterocycles. The summed E-state index contributed by atoms with van der Waals surface area (Å²) in [4.78, 5) is 0. The van der Waals surface area contributed by atoms with Gasteiger partial charge in [-0.05, 0) is 44.0 Å². The van der Waals surface area contributed by atoms with Gasteiger partial charge in [0.25, 0.3) is 0 Å². The van der Waals surface area contributed by atoms with Crippen molar-refractivity contribution in [1.29, 1.82) is 0 Å². The van der Waals surface area contributed by atoms with Crippen molar-refractivity contribution >= 4 is 11.0 Å². The van der Waals surface area contributed by atoms with Crippen molar-refractivity contribution in [1.82, 2.24) is 0 Å². The van der Waals surface area contributed by atoms with Gasteiger partial charge in [-0.3, -0.25) is 0 Å². The van der Waals surface area contributed by atoms with Gasteiger partial charge in [0, 0.05) is 12.1 Å². The Balaban J connectivity index is 2.23. The van der Waals surface area contributed by atoms with E-state index in [1.165, 1.54) is 0 Å². The molecule has 1 heterocycles. The first-order valence-electron chi connectivity index (χ1n) is 8.30. The normalized spacial score (nSPS) is 10.8. The van der Waals surface area contributed by atoms with Crippen LogP contribution in [0.5, 0.6) is 17.2 Å². The monoisotopic (exact) mass is 339 g/mol. The van der Waals surface area contributed by atoms with Gasteiger partial charge >= 0.3 is 11.3 Å². The fraction of sp³-hybridized carbons (Fsp3) is 0.286. The Morgan fingerprint density at radius 1 is 0.880 bits per heavy atom. The molecule has 0 unspecified atom stereocenters. The fourth-order valence-electron chi connectivity index (χ4n) is 3.07. The van der Waals surface area contributed by atoms with E-state index >= 15 is 0 Å². The molecule has 0 spiro atoms. The first-order valence-corrected chi connectivity index (χ1v) is 8.30. The molecule has 0 saturated heterocycles. The third kappa shape index (κ3) is 3.25. The van der Waals surface area contributed by atoms with E-state index in [0.29, 0.717) is 18.1 Å². The maximum atomic E-state index is 6.19. The molecule has 0 N–H and O–H groups in total. The Labute approximate surface area is 148 Å². The molecule has 4 heteroatoms. The highest BCUT2D eigenvalue weighted by Crippen LogP contribution is 2.38. The molecule has 0 atom stereocenters. The number of hydrogen-bond donors (Lipinski definition) is 0. The van der Waals surface area contributed by atoms with Gasteiger partial charge in [-0.1, -0.05) is 6.07 Å². The summed E-state index contributed by atoms with van der Waals surface area (Å²) in [6, 6.07) is 11.8. The molecule has 2 aromatic carbocycles. The molecule has 0 aliphatic rings. The topological polar surface area (TPSA) is 39.0 Å². The minimum absolute atomic E-state index is 0.595. The Hall–Kier alpha value is -2.75. The summed E-state index contributed by atoms with van der Waals surface area (Å²) in [7, 11) is 3.24. The Morgan fingerprint density at radius 2 is 1.64 bits per heavy atom. The lowest BCUT2D eigenvalue weighted by Crippen LogP contribution is -1.96. The van der Waals surface area contributed by atoms with Gasteiger partial charge in [0.05, 0.1) is 32.5 Å². The smallest absolute Gasteiger partial charge is 0.365 e. The average molecular weight is 339 g/mol. The van der Waals surface area contributed by atoms with Gasteiger partial charge in [-0.25, -0.2) is 4.42 Å². The van der Waals surface area contributed by atoms with Crippen LogP contribution in [-0.4, -0.2) is 20.8 Å². The minimum atomic E-state index is 0.595. The van der Waals surface area contributed by atoms with Gasteiger partial charge in [0.15, 0.2) is 11.5 Å². The maximum absolute atomic E-state index is 6.19. The van der Waals surface area contributed by atoms with E-state index in [-0.39, 0.29) is 0 Å². The van der Waals surface area contributed by atoms with Crippen LogP contribution in [-0.2, 0) is 0 Å². The number of ether oxygens (including phenoxy) is 3. The maximum Gasteiger partial charge on any atom is 0.365 e. The van der Waals surface area contributed by atoms with Gasteiger partial charge in [-0.2, -0.15) is 0 Å². The van der Waals surface area contributed by atoms with E-state index in [9.17, 15) is 0 Å². The van der Waals surface area contributed by atoms with E-state index in [0.717, 1.165) is 39.2 Å². The molecule has 0 aliphatic carbocycles. The van der Waals surface area contributed by atoms with Crippen LogP contribution in [0, 0.1) is 13.8 Å². The van der Waals surface area contributed by atoms with Crippen LogP contribution >= 0.6 is 0 Å². The average Bonchev–Trinajstić information content (AvgIpc) is 2.60.